The van der Waals surface area contributed by atoms with E-state index in [0.29, 0.717) is 34.2 Å². The van der Waals surface area contributed by atoms with Crippen LogP contribution < -0.4 is 10.6 Å². The van der Waals surface area contributed by atoms with Crippen molar-refractivity contribution in [3.05, 3.63) is 59.4 Å². The summed E-state index contributed by atoms with van der Waals surface area (Å²) in [5, 5.41) is 9.83. The predicted molar refractivity (Wildman–Crippen MR) is 121 cm³/mol. The van der Waals surface area contributed by atoms with Gasteiger partial charge in [0.05, 0.1) is 11.3 Å². The largest absolute Gasteiger partial charge is 0.334 e. The number of amides is 2. The van der Waals surface area contributed by atoms with Gasteiger partial charge in [0, 0.05) is 22.6 Å². The van der Waals surface area contributed by atoms with Crippen LogP contribution in [0.25, 0.3) is 11.5 Å². The molecule has 0 unspecified atom stereocenters. The van der Waals surface area contributed by atoms with Gasteiger partial charge in [0.15, 0.2) is 5.82 Å². The summed E-state index contributed by atoms with van der Waals surface area (Å²) in [4.78, 5) is 29.7. The minimum absolute atomic E-state index is 0.122. The van der Waals surface area contributed by atoms with Crippen molar-refractivity contribution < 1.29 is 14.1 Å². The monoisotopic (exact) mass is 420 g/mol. The highest BCUT2D eigenvalue weighted by Crippen LogP contribution is 2.31. The van der Waals surface area contributed by atoms with Crippen LogP contribution in [-0.2, 0) is 4.79 Å². The van der Waals surface area contributed by atoms with E-state index in [9.17, 15) is 9.59 Å². The molecule has 7 nitrogen and oxygen atoms in total. The van der Waals surface area contributed by atoms with Crippen LogP contribution in [0.15, 0.2) is 47.0 Å². The van der Waals surface area contributed by atoms with E-state index in [1.54, 1.807) is 24.3 Å². The minimum atomic E-state index is -0.534. The second-order valence-corrected chi connectivity index (χ2v) is 8.85. The molecule has 0 fully saturated rings. The molecule has 0 atom stereocenters. The topological polar surface area (TPSA) is 97.1 Å². The molecule has 1 heterocycles. The lowest BCUT2D eigenvalue weighted by Gasteiger charge is -2.18. The molecule has 3 rings (SSSR count). The number of nitrogens with zero attached hydrogens (tertiary/aromatic N) is 2. The van der Waals surface area contributed by atoms with Gasteiger partial charge in [-0.1, -0.05) is 58.0 Å². The van der Waals surface area contributed by atoms with Crippen LogP contribution in [0.1, 0.15) is 62.3 Å². The highest BCUT2D eigenvalue weighted by molar-refractivity contribution is 6.07. The molecule has 0 aliphatic carbocycles. The molecule has 0 spiro atoms. The SMILES string of the molecule is Cc1cccc(-c2nc(C(C)C)no2)c1NC(=O)c1cccc(NC(=O)C(C)(C)C)c1. The Kier molecular flexibility index (Phi) is 6.24. The molecule has 2 amide bonds. The van der Waals surface area contributed by atoms with Crippen molar-refractivity contribution in [3.8, 4) is 11.5 Å². The van der Waals surface area contributed by atoms with Gasteiger partial charge in [-0.15, -0.1) is 0 Å². The Morgan fingerprint density at radius 2 is 1.74 bits per heavy atom. The molecule has 0 aliphatic heterocycles. The standard InChI is InChI=1S/C24H28N4O3/c1-14(2)20-27-22(31-28-20)18-12-7-9-15(3)19(18)26-21(29)16-10-8-11-17(13-16)25-23(30)24(4,5)6/h7-14H,1-6H3,(H,25,30)(H,26,29). The van der Waals surface area contributed by atoms with E-state index in [2.05, 4.69) is 20.8 Å². The van der Waals surface area contributed by atoms with E-state index in [-0.39, 0.29) is 17.7 Å². The zero-order valence-electron chi connectivity index (χ0n) is 18.7. The average molecular weight is 421 g/mol. The normalized spacial score (nSPS) is 11.5. The summed E-state index contributed by atoms with van der Waals surface area (Å²) in [5.74, 6) is 0.672. The zero-order chi connectivity index (χ0) is 22.8. The number of rotatable bonds is 5. The fraction of sp³-hybridized carbons (Fsp3) is 0.333. The number of hydrogen-bond acceptors (Lipinski definition) is 5. The molecule has 0 bridgehead atoms. The fourth-order valence-electron chi connectivity index (χ4n) is 2.83. The van der Waals surface area contributed by atoms with Gasteiger partial charge in [-0.25, -0.2) is 0 Å². The first-order valence-corrected chi connectivity index (χ1v) is 10.2. The highest BCUT2D eigenvalue weighted by Gasteiger charge is 2.22. The summed E-state index contributed by atoms with van der Waals surface area (Å²) in [6.07, 6.45) is 0. The van der Waals surface area contributed by atoms with Gasteiger partial charge >= 0.3 is 0 Å². The van der Waals surface area contributed by atoms with Crippen LogP contribution in [0.2, 0.25) is 0 Å². The third-order valence-electron chi connectivity index (χ3n) is 4.76. The number of nitrogens with one attached hydrogen (secondary N) is 2. The van der Waals surface area contributed by atoms with Gasteiger partial charge in [0.1, 0.15) is 0 Å². The van der Waals surface area contributed by atoms with Gasteiger partial charge in [-0.2, -0.15) is 4.98 Å². The number of para-hydroxylation sites is 1. The summed E-state index contributed by atoms with van der Waals surface area (Å²) in [6.45, 7) is 11.4. The van der Waals surface area contributed by atoms with Crippen LogP contribution in [0.3, 0.4) is 0 Å². The summed E-state index contributed by atoms with van der Waals surface area (Å²) in [6, 6.07) is 12.5. The summed E-state index contributed by atoms with van der Waals surface area (Å²) >= 11 is 0. The van der Waals surface area contributed by atoms with Crippen LogP contribution in [0.4, 0.5) is 11.4 Å². The maximum absolute atomic E-state index is 13.0. The number of carbonyl (C=O) groups is 2. The van der Waals surface area contributed by atoms with Crippen LogP contribution in [0, 0.1) is 12.3 Å². The van der Waals surface area contributed by atoms with Crippen molar-refractivity contribution in [3.63, 3.8) is 0 Å². The minimum Gasteiger partial charge on any atom is -0.334 e. The van der Waals surface area contributed by atoms with Crippen molar-refractivity contribution in [2.24, 2.45) is 5.41 Å². The molecule has 162 valence electrons. The predicted octanol–water partition coefficient (Wildman–Crippen LogP) is 5.41. The van der Waals surface area contributed by atoms with Crippen molar-refractivity contribution in [2.75, 3.05) is 10.6 Å². The van der Waals surface area contributed by atoms with E-state index in [4.69, 9.17) is 4.52 Å². The number of aryl methyl sites for hydroxylation is 1. The highest BCUT2D eigenvalue weighted by atomic mass is 16.5. The Hall–Kier alpha value is -3.48. The molecule has 31 heavy (non-hydrogen) atoms. The first-order chi connectivity index (χ1) is 14.6. The molecular formula is C24H28N4O3. The Morgan fingerprint density at radius 1 is 1.03 bits per heavy atom. The molecule has 0 saturated carbocycles. The lowest BCUT2D eigenvalue weighted by molar-refractivity contribution is -0.123. The Morgan fingerprint density at radius 3 is 2.39 bits per heavy atom. The smallest absolute Gasteiger partial charge is 0.260 e. The van der Waals surface area contributed by atoms with E-state index in [0.717, 1.165) is 5.56 Å². The van der Waals surface area contributed by atoms with Gasteiger partial charge in [0.2, 0.25) is 5.91 Å². The van der Waals surface area contributed by atoms with Crippen LogP contribution >= 0.6 is 0 Å². The zero-order valence-corrected chi connectivity index (χ0v) is 18.7. The number of aromatic nitrogens is 2. The van der Waals surface area contributed by atoms with Crippen molar-refractivity contribution in [2.45, 2.75) is 47.5 Å². The number of anilines is 2. The number of hydrogen-bond donors (Lipinski definition) is 2. The fourth-order valence-corrected chi connectivity index (χ4v) is 2.83. The molecule has 1 aromatic heterocycles. The molecule has 2 N–H and O–H groups in total. The van der Waals surface area contributed by atoms with Crippen molar-refractivity contribution in [1.29, 1.82) is 0 Å². The van der Waals surface area contributed by atoms with E-state index in [1.165, 1.54) is 0 Å². The van der Waals surface area contributed by atoms with Crippen molar-refractivity contribution >= 4 is 23.2 Å². The van der Waals surface area contributed by atoms with E-state index >= 15 is 0 Å². The molecule has 0 saturated heterocycles. The maximum Gasteiger partial charge on any atom is 0.260 e. The molecular weight excluding hydrogens is 392 g/mol. The molecule has 0 radical (unpaired) electrons. The Labute approximate surface area is 182 Å². The third kappa shape index (κ3) is 5.17. The molecule has 0 aliphatic rings. The number of carbonyl (C=O) groups excluding carboxylic acids is 2. The second-order valence-electron chi connectivity index (χ2n) is 8.85. The first kappa shape index (κ1) is 22.2. The summed E-state index contributed by atoms with van der Waals surface area (Å²) < 4.78 is 5.43. The average Bonchev–Trinajstić information content (AvgIpc) is 3.19. The lowest BCUT2D eigenvalue weighted by Crippen LogP contribution is -2.27. The molecule has 7 heteroatoms. The van der Waals surface area contributed by atoms with Gasteiger partial charge < -0.3 is 15.2 Å². The van der Waals surface area contributed by atoms with Crippen LogP contribution in [0.5, 0.6) is 0 Å². The quantitative estimate of drug-likeness (QED) is 0.575. The summed E-state index contributed by atoms with van der Waals surface area (Å²) in [5.41, 5.74) is 2.59. The summed E-state index contributed by atoms with van der Waals surface area (Å²) in [7, 11) is 0. The van der Waals surface area contributed by atoms with Gasteiger partial charge in [-0.05, 0) is 36.8 Å². The maximum atomic E-state index is 13.0. The van der Waals surface area contributed by atoms with Gasteiger partial charge in [0.25, 0.3) is 11.8 Å². The second kappa shape index (κ2) is 8.71. The van der Waals surface area contributed by atoms with E-state index < -0.39 is 5.41 Å². The molecule has 3 aromatic rings. The van der Waals surface area contributed by atoms with E-state index in [1.807, 2.05) is 59.7 Å². The third-order valence-corrected chi connectivity index (χ3v) is 4.76. The lowest BCUT2D eigenvalue weighted by atomic mass is 9.95. The van der Waals surface area contributed by atoms with Gasteiger partial charge in [-0.3, -0.25) is 9.59 Å². The number of benzene rings is 2. The van der Waals surface area contributed by atoms with Crippen molar-refractivity contribution in [1.82, 2.24) is 10.1 Å². The first-order valence-electron chi connectivity index (χ1n) is 10.2. The van der Waals surface area contributed by atoms with Crippen LogP contribution in [-0.4, -0.2) is 22.0 Å². The molecule has 2 aromatic carbocycles. The Bertz CT molecular complexity index is 1110. The Balaban J connectivity index is 1.87.